The molecule has 5 aromatic rings. The second kappa shape index (κ2) is 9.05. The Morgan fingerprint density at radius 2 is 1.89 bits per heavy atom. The van der Waals surface area contributed by atoms with Crippen molar-refractivity contribution in [3.63, 3.8) is 0 Å². The first-order valence-electron chi connectivity index (χ1n) is 11.9. The van der Waals surface area contributed by atoms with E-state index in [0.717, 1.165) is 5.39 Å². The number of H-pyrrole nitrogens is 1. The van der Waals surface area contributed by atoms with Gasteiger partial charge in [0.15, 0.2) is 11.6 Å². The van der Waals surface area contributed by atoms with Gasteiger partial charge in [0.2, 0.25) is 0 Å². The van der Waals surface area contributed by atoms with E-state index in [9.17, 15) is 14.0 Å². The van der Waals surface area contributed by atoms with Crippen LogP contribution < -0.4 is 5.56 Å². The van der Waals surface area contributed by atoms with Crippen LogP contribution in [-0.4, -0.2) is 47.3 Å². The third-order valence-electron chi connectivity index (χ3n) is 6.61. The lowest BCUT2D eigenvalue weighted by Gasteiger charge is -2.32. The molecule has 1 aliphatic rings. The van der Waals surface area contributed by atoms with Crippen LogP contribution in [0.1, 0.15) is 40.4 Å². The monoisotopic (exact) mass is 495 g/mol. The summed E-state index contributed by atoms with van der Waals surface area (Å²) in [5.41, 5.74) is 1.76. The Hall–Kier alpha value is -4.73. The second-order valence-electron chi connectivity index (χ2n) is 9.10. The number of benzene rings is 2. The van der Waals surface area contributed by atoms with Crippen molar-refractivity contribution in [2.75, 3.05) is 6.54 Å². The average Bonchev–Trinajstić information content (AvgIpc) is 3.36. The number of pyridine rings is 1. The number of carbonyl (C=O) groups excluding carboxylic acids is 1. The summed E-state index contributed by atoms with van der Waals surface area (Å²) in [6.45, 7) is 2.55. The van der Waals surface area contributed by atoms with E-state index in [0.29, 0.717) is 47.0 Å². The van der Waals surface area contributed by atoms with E-state index in [1.54, 1.807) is 35.4 Å². The molecule has 6 rings (SSSR count). The first-order chi connectivity index (χ1) is 18.0. The van der Waals surface area contributed by atoms with Gasteiger partial charge in [0.05, 0.1) is 29.2 Å². The SMILES string of the molecule is C[C@@H]1CN(C(=O)c2cc(Cc3n[nH]c(=O)c4ccccc34)ccc2F)Cc2nnc(-c3ccccn3)n21. The molecule has 10 heteroatoms. The van der Waals surface area contributed by atoms with Gasteiger partial charge in [0.25, 0.3) is 11.5 Å². The number of hydrogen-bond donors (Lipinski definition) is 1. The molecular weight excluding hydrogens is 473 g/mol. The lowest BCUT2D eigenvalue weighted by Crippen LogP contribution is -2.41. The van der Waals surface area contributed by atoms with E-state index >= 15 is 0 Å². The molecule has 1 amide bonds. The summed E-state index contributed by atoms with van der Waals surface area (Å²) < 4.78 is 16.9. The Morgan fingerprint density at radius 3 is 2.70 bits per heavy atom. The molecule has 2 aromatic carbocycles. The van der Waals surface area contributed by atoms with Crippen molar-refractivity contribution in [3.05, 3.63) is 106 Å². The van der Waals surface area contributed by atoms with Crippen LogP contribution in [0.15, 0.2) is 71.7 Å². The number of hydrogen-bond acceptors (Lipinski definition) is 6. The summed E-state index contributed by atoms with van der Waals surface area (Å²) >= 11 is 0. The fraction of sp³-hybridized carbons (Fsp3) is 0.185. The quantitative estimate of drug-likeness (QED) is 0.409. The number of halogens is 1. The van der Waals surface area contributed by atoms with E-state index in [1.165, 1.54) is 6.07 Å². The molecule has 37 heavy (non-hydrogen) atoms. The summed E-state index contributed by atoms with van der Waals surface area (Å²) in [6, 6.07) is 17.1. The molecule has 0 saturated carbocycles. The average molecular weight is 496 g/mol. The Bertz CT molecular complexity index is 1700. The van der Waals surface area contributed by atoms with Gasteiger partial charge in [-0.15, -0.1) is 10.2 Å². The number of aromatic nitrogens is 6. The minimum Gasteiger partial charge on any atom is -0.329 e. The van der Waals surface area contributed by atoms with Crippen LogP contribution in [0, 0.1) is 5.82 Å². The molecule has 1 aliphatic heterocycles. The van der Waals surface area contributed by atoms with E-state index in [2.05, 4.69) is 25.4 Å². The molecule has 9 nitrogen and oxygen atoms in total. The number of amides is 1. The van der Waals surface area contributed by atoms with Gasteiger partial charge in [-0.3, -0.25) is 14.6 Å². The first kappa shape index (κ1) is 22.7. The zero-order chi connectivity index (χ0) is 25.5. The van der Waals surface area contributed by atoms with Gasteiger partial charge in [-0.25, -0.2) is 9.49 Å². The van der Waals surface area contributed by atoms with Crippen molar-refractivity contribution in [2.24, 2.45) is 0 Å². The van der Waals surface area contributed by atoms with Crippen LogP contribution in [0.5, 0.6) is 0 Å². The van der Waals surface area contributed by atoms with Crippen LogP contribution in [-0.2, 0) is 13.0 Å². The first-order valence-corrected chi connectivity index (χ1v) is 11.9. The number of fused-ring (bicyclic) bond motifs is 2. The van der Waals surface area contributed by atoms with Gasteiger partial charge >= 0.3 is 0 Å². The van der Waals surface area contributed by atoms with Gasteiger partial charge in [-0.05, 0) is 42.8 Å². The zero-order valence-electron chi connectivity index (χ0n) is 19.9. The summed E-state index contributed by atoms with van der Waals surface area (Å²) in [4.78, 5) is 31.5. The molecule has 0 bridgehead atoms. The van der Waals surface area contributed by atoms with Gasteiger partial charge < -0.3 is 9.47 Å². The minimum absolute atomic E-state index is 0.0173. The fourth-order valence-electron chi connectivity index (χ4n) is 4.87. The molecule has 0 fully saturated rings. The number of nitrogens with zero attached hydrogens (tertiary/aromatic N) is 6. The second-order valence-corrected chi connectivity index (χ2v) is 9.10. The van der Waals surface area contributed by atoms with Crippen molar-refractivity contribution in [1.29, 1.82) is 0 Å². The molecule has 184 valence electrons. The largest absolute Gasteiger partial charge is 0.329 e. The van der Waals surface area contributed by atoms with Gasteiger partial charge in [-0.1, -0.05) is 30.3 Å². The standard InChI is InChI=1S/C27H22FN7O2/c1-16-14-34(15-24-31-32-25(35(16)24)22-8-4-5-11-29-22)27(37)20-12-17(9-10-21(20)28)13-23-18-6-2-3-7-19(18)26(36)33-30-23/h2-12,16H,13-15H2,1H3,(H,33,36)/t16-/m1/s1. The van der Waals surface area contributed by atoms with Gasteiger partial charge in [0.1, 0.15) is 11.5 Å². The molecule has 1 N–H and O–H groups in total. The van der Waals surface area contributed by atoms with Crippen LogP contribution >= 0.6 is 0 Å². The predicted octanol–water partition coefficient (Wildman–Crippen LogP) is 3.52. The molecule has 1 atom stereocenters. The van der Waals surface area contributed by atoms with Crippen molar-refractivity contribution in [2.45, 2.75) is 25.9 Å². The molecule has 0 radical (unpaired) electrons. The van der Waals surface area contributed by atoms with Gasteiger partial charge in [-0.2, -0.15) is 5.10 Å². The van der Waals surface area contributed by atoms with Crippen LogP contribution in [0.3, 0.4) is 0 Å². The zero-order valence-corrected chi connectivity index (χ0v) is 19.9. The highest BCUT2D eigenvalue weighted by Gasteiger charge is 2.31. The lowest BCUT2D eigenvalue weighted by atomic mass is 10.0. The van der Waals surface area contributed by atoms with Crippen LogP contribution in [0.25, 0.3) is 22.3 Å². The predicted molar refractivity (Wildman–Crippen MR) is 134 cm³/mol. The lowest BCUT2D eigenvalue weighted by molar-refractivity contribution is 0.0677. The highest BCUT2D eigenvalue weighted by atomic mass is 19.1. The molecule has 0 aliphatic carbocycles. The number of rotatable bonds is 4. The molecule has 4 heterocycles. The van der Waals surface area contributed by atoms with E-state index in [-0.39, 0.29) is 23.7 Å². The van der Waals surface area contributed by atoms with E-state index in [4.69, 9.17) is 0 Å². The van der Waals surface area contributed by atoms with Crippen molar-refractivity contribution in [1.82, 2.24) is 34.8 Å². The Kier molecular flexibility index (Phi) is 5.56. The molecule has 0 saturated heterocycles. The highest BCUT2D eigenvalue weighted by Crippen LogP contribution is 2.28. The maximum Gasteiger partial charge on any atom is 0.272 e. The summed E-state index contributed by atoms with van der Waals surface area (Å²) in [5.74, 6) is 0.248. The van der Waals surface area contributed by atoms with E-state index < -0.39 is 11.7 Å². The summed E-state index contributed by atoms with van der Waals surface area (Å²) in [6.07, 6.45) is 2.03. The molecular formula is C27H22FN7O2. The molecule has 3 aromatic heterocycles. The highest BCUT2D eigenvalue weighted by molar-refractivity contribution is 5.95. The van der Waals surface area contributed by atoms with Crippen molar-refractivity contribution in [3.8, 4) is 11.5 Å². The third kappa shape index (κ3) is 4.06. The van der Waals surface area contributed by atoms with Crippen LogP contribution in [0.4, 0.5) is 4.39 Å². The fourth-order valence-corrected chi connectivity index (χ4v) is 4.87. The normalized spacial score (nSPS) is 15.1. The number of carbonyl (C=O) groups is 1. The topological polar surface area (TPSA) is 110 Å². The maximum absolute atomic E-state index is 14.9. The Balaban J connectivity index is 1.28. The van der Waals surface area contributed by atoms with Crippen molar-refractivity contribution < 1.29 is 9.18 Å². The van der Waals surface area contributed by atoms with Crippen molar-refractivity contribution >= 4 is 16.7 Å². The number of aromatic amines is 1. The number of nitrogens with one attached hydrogen (secondary N) is 1. The summed E-state index contributed by atoms with van der Waals surface area (Å²) in [7, 11) is 0. The smallest absolute Gasteiger partial charge is 0.272 e. The minimum atomic E-state index is -0.595. The van der Waals surface area contributed by atoms with Crippen LogP contribution in [0.2, 0.25) is 0 Å². The molecule has 0 unspecified atom stereocenters. The van der Waals surface area contributed by atoms with Gasteiger partial charge in [0, 0.05) is 24.5 Å². The summed E-state index contributed by atoms with van der Waals surface area (Å²) in [5, 5.41) is 16.6. The molecule has 0 spiro atoms. The maximum atomic E-state index is 14.9. The Labute approximate surface area is 210 Å². The van der Waals surface area contributed by atoms with E-state index in [1.807, 2.05) is 41.8 Å². The third-order valence-corrected chi connectivity index (χ3v) is 6.61. The Morgan fingerprint density at radius 1 is 1.08 bits per heavy atom.